The van der Waals surface area contributed by atoms with Crippen molar-refractivity contribution in [1.29, 1.82) is 0 Å². The fourth-order valence-electron chi connectivity index (χ4n) is 7.56. The van der Waals surface area contributed by atoms with E-state index < -0.39 is 0 Å². The Morgan fingerprint density at radius 2 is 1.60 bits per heavy atom. The minimum absolute atomic E-state index is 0. The zero-order valence-corrected chi connectivity index (χ0v) is 35.7. The van der Waals surface area contributed by atoms with Crippen LogP contribution >= 0.6 is 11.3 Å². The molecule has 5 aromatic rings. The van der Waals surface area contributed by atoms with Crippen molar-refractivity contribution in [2.75, 3.05) is 0 Å². The van der Waals surface area contributed by atoms with Crippen LogP contribution < -0.4 is 0 Å². The van der Waals surface area contributed by atoms with Gasteiger partial charge in [-0.05, 0) is 85.8 Å². The van der Waals surface area contributed by atoms with E-state index >= 15 is 0 Å². The predicted molar refractivity (Wildman–Crippen MR) is 214 cm³/mol. The van der Waals surface area contributed by atoms with Crippen LogP contribution in [-0.2, 0) is 30.3 Å². The number of halogens is 1. The Hall–Kier alpha value is -2.99. The summed E-state index contributed by atoms with van der Waals surface area (Å²) in [6.45, 7) is 19.4. The van der Waals surface area contributed by atoms with Crippen molar-refractivity contribution in [3.8, 4) is 11.3 Å². The fourth-order valence-corrected chi connectivity index (χ4v) is 8.76. The smallest absolute Gasteiger partial charge is 0.162 e. The van der Waals surface area contributed by atoms with Gasteiger partial charge in [0.2, 0.25) is 0 Å². The molecule has 3 aromatic carbocycles. The molecule has 1 radical (unpaired) electrons. The molecular weight excluding hydrogens is 844 g/mol. The van der Waals surface area contributed by atoms with Gasteiger partial charge in [0.15, 0.2) is 5.78 Å². The number of ketones is 1. The molecule has 1 saturated carbocycles. The molecular formula is C45H56FIrN2O2S-. The van der Waals surface area contributed by atoms with Gasteiger partial charge in [0.05, 0.1) is 17.1 Å². The van der Waals surface area contributed by atoms with Crippen LogP contribution in [0.1, 0.15) is 131 Å². The number of aromatic nitrogens is 2. The first-order chi connectivity index (χ1) is 24.2. The topological polar surface area (TPSA) is 63.1 Å². The van der Waals surface area contributed by atoms with Crippen molar-refractivity contribution in [2.45, 2.75) is 125 Å². The van der Waals surface area contributed by atoms with Gasteiger partial charge in [0.25, 0.3) is 0 Å². The summed E-state index contributed by atoms with van der Waals surface area (Å²) in [6.07, 6.45) is 11.6. The van der Waals surface area contributed by atoms with Gasteiger partial charge in [-0.25, -0.2) is 9.37 Å². The van der Waals surface area contributed by atoms with Crippen LogP contribution in [0, 0.1) is 29.1 Å². The van der Waals surface area contributed by atoms with Crippen molar-refractivity contribution in [3.05, 3.63) is 83.6 Å². The molecule has 0 aliphatic heterocycles. The van der Waals surface area contributed by atoms with Gasteiger partial charge < -0.3 is 5.11 Å². The average molecular weight is 900 g/mol. The average Bonchev–Trinajstić information content (AvgIpc) is 3.47. The van der Waals surface area contributed by atoms with Crippen LogP contribution in [0.5, 0.6) is 0 Å². The Balaban J connectivity index is 0.000000323. The minimum Gasteiger partial charge on any atom is -0.512 e. The molecule has 0 unspecified atom stereocenters. The normalized spacial score (nSPS) is 15.3. The van der Waals surface area contributed by atoms with Crippen molar-refractivity contribution in [2.24, 2.45) is 17.3 Å². The molecule has 4 nitrogen and oxygen atoms in total. The van der Waals surface area contributed by atoms with Crippen molar-refractivity contribution in [3.63, 3.8) is 0 Å². The Kier molecular flexibility index (Phi) is 14.0. The Bertz CT molecular complexity index is 2020. The van der Waals surface area contributed by atoms with Crippen LogP contribution in [-0.4, -0.2) is 20.9 Å². The summed E-state index contributed by atoms with van der Waals surface area (Å²) in [4.78, 5) is 21.1. The number of fused-ring (bicyclic) bond motifs is 4. The number of hydrogen-bond acceptors (Lipinski definition) is 5. The minimum atomic E-state index is -0.246. The molecule has 0 bridgehead atoms. The summed E-state index contributed by atoms with van der Waals surface area (Å²) >= 11 is 1.76. The number of hydrogen-bond donors (Lipinski definition) is 1. The maximum atomic E-state index is 14.2. The SMILES string of the molecule is CC1(C)CCC(c2ccc3c(c2)sc2c(-c4[c-]c5cc(F)ccc5c(C(C)(C)C)c4)ncnc23)CC1.CCC(CC)C(=O)/C=C(\O)C(CC)CC.[Ir]. The molecule has 0 saturated heterocycles. The van der Waals surface area contributed by atoms with E-state index in [1.165, 1.54) is 59.0 Å². The largest absolute Gasteiger partial charge is 0.512 e. The van der Waals surface area contributed by atoms with Crippen LogP contribution in [0.4, 0.5) is 4.39 Å². The summed E-state index contributed by atoms with van der Waals surface area (Å²) in [5.41, 5.74) is 5.74. The van der Waals surface area contributed by atoms with E-state index in [4.69, 9.17) is 4.98 Å². The number of benzene rings is 3. The molecule has 0 spiro atoms. The molecule has 7 heteroatoms. The van der Waals surface area contributed by atoms with Crippen molar-refractivity contribution in [1.82, 2.24) is 9.97 Å². The van der Waals surface area contributed by atoms with Gasteiger partial charge in [-0.3, -0.25) is 9.78 Å². The molecule has 6 rings (SSSR count). The fraction of sp³-hybridized carbons (Fsp3) is 0.489. The summed E-state index contributed by atoms with van der Waals surface area (Å²) in [7, 11) is 0. The number of aliphatic hydroxyl groups is 1. The van der Waals surface area contributed by atoms with E-state index in [1.807, 2.05) is 33.8 Å². The monoisotopic (exact) mass is 900 g/mol. The maximum absolute atomic E-state index is 14.2. The van der Waals surface area contributed by atoms with Crippen molar-refractivity contribution >= 4 is 48.2 Å². The van der Waals surface area contributed by atoms with Gasteiger partial charge in [-0.2, -0.15) is 0 Å². The number of nitrogens with zero attached hydrogens (tertiary/aromatic N) is 2. The third-order valence-electron chi connectivity index (χ3n) is 11.1. The van der Waals surface area contributed by atoms with Gasteiger partial charge in [0, 0.05) is 58.5 Å². The number of aliphatic hydroxyl groups excluding tert-OH is 1. The second-order valence-electron chi connectivity index (χ2n) is 16.2. The number of thiophene rings is 1. The number of rotatable bonds is 9. The van der Waals surface area contributed by atoms with Gasteiger partial charge in [-0.1, -0.05) is 97.5 Å². The van der Waals surface area contributed by atoms with Crippen LogP contribution in [0.2, 0.25) is 0 Å². The first kappa shape index (κ1) is 41.8. The van der Waals surface area contributed by atoms with Gasteiger partial charge >= 0.3 is 0 Å². The van der Waals surface area contributed by atoms with E-state index in [9.17, 15) is 14.3 Å². The third-order valence-corrected chi connectivity index (χ3v) is 12.2. The standard InChI is InChI=1S/C32H32FN2S.C13H24O2.Ir/c1-31(2,3)26-16-22(14-21-15-23(33)7-9-24(21)26)28-30-29(35-18-34-28)25-8-6-20(17-27(25)36-30)19-10-12-32(4,5)13-11-19;1-5-10(6-2)12(14)9-13(15)11(7-3)8-4;/h6-9,15-19H,10-13H2,1-5H3;9-11,14H,5-8H2,1-4H3;/q-1;;/b;12-9-;. The Labute approximate surface area is 328 Å². The number of carbonyl (C=O) groups excluding carboxylic acids is 1. The third kappa shape index (κ3) is 9.38. The molecule has 2 aromatic heterocycles. The first-order valence-electron chi connectivity index (χ1n) is 19.0. The summed E-state index contributed by atoms with van der Waals surface area (Å²) in [6, 6.07) is 17.6. The molecule has 1 N–H and O–H groups in total. The summed E-state index contributed by atoms with van der Waals surface area (Å²) in [5.74, 6) is 0.937. The zero-order chi connectivity index (χ0) is 37.1. The molecule has 0 atom stereocenters. The summed E-state index contributed by atoms with van der Waals surface area (Å²) in [5, 5.41) is 12.8. The van der Waals surface area contributed by atoms with E-state index in [0.29, 0.717) is 11.3 Å². The molecule has 1 fully saturated rings. The van der Waals surface area contributed by atoms with E-state index in [1.54, 1.807) is 23.7 Å². The molecule has 2 heterocycles. The van der Waals surface area contributed by atoms with E-state index in [2.05, 4.69) is 69.9 Å². The van der Waals surface area contributed by atoms with Gasteiger partial charge in [0.1, 0.15) is 6.33 Å². The van der Waals surface area contributed by atoms with Crippen LogP contribution in [0.25, 0.3) is 42.3 Å². The number of carbonyl (C=O) groups is 1. The molecule has 0 amide bonds. The van der Waals surface area contributed by atoms with Crippen LogP contribution in [0.15, 0.2) is 60.6 Å². The van der Waals surface area contributed by atoms with E-state index in [-0.39, 0.29) is 54.7 Å². The van der Waals surface area contributed by atoms with Gasteiger partial charge in [-0.15, -0.1) is 34.4 Å². The first-order valence-corrected chi connectivity index (χ1v) is 19.8. The summed E-state index contributed by atoms with van der Waals surface area (Å²) < 4.78 is 16.5. The zero-order valence-electron chi connectivity index (χ0n) is 32.5. The second kappa shape index (κ2) is 17.4. The maximum Gasteiger partial charge on any atom is 0.162 e. The van der Waals surface area contributed by atoms with Crippen molar-refractivity contribution < 1.29 is 34.4 Å². The number of allylic oxidation sites excluding steroid dienone is 2. The van der Waals surface area contributed by atoms with E-state index in [0.717, 1.165) is 57.9 Å². The molecule has 52 heavy (non-hydrogen) atoms. The Morgan fingerprint density at radius 3 is 2.21 bits per heavy atom. The molecule has 1 aliphatic carbocycles. The molecule has 1 aliphatic rings. The quantitative estimate of drug-likeness (QED) is 0.0909. The predicted octanol–water partition coefficient (Wildman–Crippen LogP) is 13.5. The van der Waals surface area contributed by atoms with Crippen LogP contribution in [0.3, 0.4) is 0 Å². The Morgan fingerprint density at radius 1 is 0.962 bits per heavy atom. The molecule has 281 valence electrons. The second-order valence-corrected chi connectivity index (χ2v) is 17.3.